The van der Waals surface area contributed by atoms with Crippen LogP contribution in [0, 0.1) is 0 Å². The fourth-order valence-electron chi connectivity index (χ4n) is 3.21. The third-order valence-electron chi connectivity index (χ3n) is 4.97. The average molecular weight is 417 g/mol. The van der Waals surface area contributed by atoms with Gasteiger partial charge in [-0.1, -0.05) is 75.1 Å². The summed E-state index contributed by atoms with van der Waals surface area (Å²) in [6.45, 7) is 2.28. The average Bonchev–Trinajstić information content (AvgIpc) is 3.16. The van der Waals surface area contributed by atoms with Crippen LogP contribution in [0.25, 0.3) is 11.1 Å². The second kappa shape index (κ2) is 10.6. The van der Waals surface area contributed by atoms with Crippen molar-refractivity contribution in [1.29, 1.82) is 0 Å². The van der Waals surface area contributed by atoms with Crippen molar-refractivity contribution in [3.8, 4) is 11.1 Å². The number of thioether (sulfide) groups is 1. The summed E-state index contributed by atoms with van der Waals surface area (Å²) in [7, 11) is 1.49. The summed E-state index contributed by atoms with van der Waals surface area (Å²) < 4.78 is 15.5. The molecule has 1 saturated heterocycles. The van der Waals surface area contributed by atoms with E-state index in [1.54, 1.807) is 11.8 Å². The van der Waals surface area contributed by atoms with Crippen LogP contribution in [0.5, 0.6) is 0 Å². The molecule has 3 rings (SSSR count). The van der Waals surface area contributed by atoms with Crippen LogP contribution in [0.15, 0.2) is 41.8 Å². The first-order valence-corrected chi connectivity index (χ1v) is 11.1. The first-order valence-electron chi connectivity index (χ1n) is 10.1. The standard InChI is InChI=1S/C22H28N2O4S/c1-3-4-5-6-7-8-13-29-20-23-14-18(15-24-20)17-9-11-19(12-10-17)22(26-2)16-27-21(25)28-22/h9-12,14-15H,3-8,13,16H2,1-2H3/t22-/m1/s1. The molecule has 1 aliphatic rings. The van der Waals surface area contributed by atoms with Crippen molar-refractivity contribution >= 4 is 17.9 Å². The molecule has 1 aliphatic heterocycles. The van der Waals surface area contributed by atoms with Gasteiger partial charge in [-0.05, 0) is 12.0 Å². The van der Waals surface area contributed by atoms with E-state index in [1.807, 2.05) is 36.7 Å². The van der Waals surface area contributed by atoms with E-state index in [4.69, 9.17) is 14.2 Å². The zero-order valence-electron chi connectivity index (χ0n) is 17.1. The number of nitrogens with zero attached hydrogens (tertiary/aromatic N) is 2. The summed E-state index contributed by atoms with van der Waals surface area (Å²) in [6.07, 6.45) is 10.7. The van der Waals surface area contributed by atoms with Crippen LogP contribution in [0.4, 0.5) is 4.79 Å². The van der Waals surface area contributed by atoms with Gasteiger partial charge in [-0.25, -0.2) is 14.8 Å². The molecule has 1 fully saturated rings. The Hall–Kier alpha value is -2.12. The van der Waals surface area contributed by atoms with Crippen LogP contribution in [-0.4, -0.2) is 35.6 Å². The minimum absolute atomic E-state index is 0.0370. The summed E-state index contributed by atoms with van der Waals surface area (Å²) in [4.78, 5) is 20.3. The number of benzene rings is 1. The van der Waals surface area contributed by atoms with E-state index in [-0.39, 0.29) is 6.61 Å². The van der Waals surface area contributed by atoms with Gasteiger partial charge >= 0.3 is 6.16 Å². The molecule has 29 heavy (non-hydrogen) atoms. The van der Waals surface area contributed by atoms with Crippen LogP contribution < -0.4 is 0 Å². The van der Waals surface area contributed by atoms with E-state index in [1.165, 1.54) is 45.6 Å². The Labute approximate surface area is 176 Å². The number of hydrogen-bond acceptors (Lipinski definition) is 7. The number of ether oxygens (including phenoxy) is 3. The quantitative estimate of drug-likeness (QED) is 0.205. The fourth-order valence-corrected chi connectivity index (χ4v) is 4.00. The highest BCUT2D eigenvalue weighted by molar-refractivity contribution is 7.99. The zero-order chi connectivity index (χ0) is 20.5. The van der Waals surface area contributed by atoms with E-state index in [9.17, 15) is 4.79 Å². The molecule has 0 amide bonds. The maximum atomic E-state index is 11.3. The molecule has 7 heteroatoms. The monoisotopic (exact) mass is 416 g/mol. The van der Waals surface area contributed by atoms with E-state index in [0.717, 1.165) is 27.6 Å². The lowest BCUT2D eigenvalue weighted by Crippen LogP contribution is -2.30. The lowest BCUT2D eigenvalue weighted by atomic mass is 10.0. The number of rotatable bonds is 11. The van der Waals surface area contributed by atoms with Gasteiger partial charge in [-0.3, -0.25) is 0 Å². The van der Waals surface area contributed by atoms with Crippen LogP contribution in [-0.2, 0) is 20.0 Å². The lowest BCUT2D eigenvalue weighted by molar-refractivity contribution is -0.168. The summed E-state index contributed by atoms with van der Waals surface area (Å²) in [5.74, 6) is -0.122. The Morgan fingerprint density at radius 2 is 1.72 bits per heavy atom. The Kier molecular flexibility index (Phi) is 7.89. The van der Waals surface area contributed by atoms with Crippen molar-refractivity contribution in [2.45, 2.75) is 56.4 Å². The second-order valence-electron chi connectivity index (χ2n) is 7.05. The van der Waals surface area contributed by atoms with Crippen molar-refractivity contribution in [1.82, 2.24) is 9.97 Å². The molecule has 0 aliphatic carbocycles. The molecule has 156 valence electrons. The Balaban J connectivity index is 1.53. The number of hydrogen-bond donors (Lipinski definition) is 0. The normalized spacial score (nSPS) is 18.5. The Bertz CT molecular complexity index is 782. The highest BCUT2D eigenvalue weighted by atomic mass is 32.2. The van der Waals surface area contributed by atoms with Crippen molar-refractivity contribution in [2.24, 2.45) is 0 Å². The molecule has 2 aromatic rings. The van der Waals surface area contributed by atoms with Crippen molar-refractivity contribution in [2.75, 3.05) is 19.5 Å². The minimum atomic E-state index is -1.18. The lowest BCUT2D eigenvalue weighted by Gasteiger charge is -2.23. The smallest absolute Gasteiger partial charge is 0.427 e. The number of carbonyl (C=O) groups excluding carboxylic acids is 1. The van der Waals surface area contributed by atoms with Gasteiger partial charge in [-0.2, -0.15) is 0 Å². The topological polar surface area (TPSA) is 70.5 Å². The predicted molar refractivity (Wildman–Crippen MR) is 113 cm³/mol. The summed E-state index contributed by atoms with van der Waals surface area (Å²) in [6, 6.07) is 7.60. The van der Waals surface area contributed by atoms with E-state index in [2.05, 4.69) is 16.9 Å². The summed E-state index contributed by atoms with van der Waals surface area (Å²) in [5.41, 5.74) is 2.64. The van der Waals surface area contributed by atoms with Gasteiger partial charge < -0.3 is 14.2 Å². The van der Waals surface area contributed by atoms with Gasteiger partial charge in [-0.15, -0.1) is 0 Å². The maximum Gasteiger partial charge on any atom is 0.511 e. The maximum absolute atomic E-state index is 11.3. The highest BCUT2D eigenvalue weighted by Crippen LogP contribution is 2.33. The van der Waals surface area contributed by atoms with Gasteiger partial charge in [0.15, 0.2) is 11.8 Å². The third-order valence-corrected chi connectivity index (χ3v) is 5.94. The largest absolute Gasteiger partial charge is 0.511 e. The number of methoxy groups -OCH3 is 1. The molecule has 0 unspecified atom stereocenters. The van der Waals surface area contributed by atoms with Crippen LogP contribution in [0.3, 0.4) is 0 Å². The van der Waals surface area contributed by atoms with Gasteiger partial charge in [0.1, 0.15) is 0 Å². The van der Waals surface area contributed by atoms with Crippen LogP contribution in [0.2, 0.25) is 0 Å². The first-order chi connectivity index (χ1) is 14.2. The molecule has 6 nitrogen and oxygen atoms in total. The minimum Gasteiger partial charge on any atom is -0.427 e. The number of unbranched alkanes of at least 4 members (excludes halogenated alkanes) is 5. The second-order valence-corrected chi connectivity index (χ2v) is 8.11. The van der Waals surface area contributed by atoms with Crippen molar-refractivity contribution in [3.63, 3.8) is 0 Å². The first kappa shape index (κ1) is 21.6. The van der Waals surface area contributed by atoms with Gasteiger partial charge in [0.25, 0.3) is 5.79 Å². The number of carbonyl (C=O) groups is 1. The number of cyclic esters (lactones) is 2. The molecule has 2 heterocycles. The van der Waals surface area contributed by atoms with Gasteiger partial charge in [0.05, 0.1) is 0 Å². The van der Waals surface area contributed by atoms with Crippen LogP contribution >= 0.6 is 11.8 Å². The molecule has 1 atom stereocenters. The van der Waals surface area contributed by atoms with Crippen molar-refractivity contribution < 1.29 is 19.0 Å². The van der Waals surface area contributed by atoms with Crippen LogP contribution in [0.1, 0.15) is 51.0 Å². The van der Waals surface area contributed by atoms with E-state index >= 15 is 0 Å². The highest BCUT2D eigenvalue weighted by Gasteiger charge is 2.44. The zero-order valence-corrected chi connectivity index (χ0v) is 17.9. The molecule has 0 bridgehead atoms. The summed E-state index contributed by atoms with van der Waals surface area (Å²) >= 11 is 1.71. The van der Waals surface area contributed by atoms with Gasteiger partial charge in [0, 0.05) is 36.4 Å². The SMILES string of the molecule is CCCCCCCCSc1ncc(-c2ccc([C@@]3(OC)COC(=O)O3)cc2)cn1. The molecule has 0 radical (unpaired) electrons. The molecule has 1 aromatic carbocycles. The van der Waals surface area contributed by atoms with E-state index < -0.39 is 11.9 Å². The predicted octanol–water partition coefficient (Wildman–Crippen LogP) is 5.56. The molecule has 0 spiro atoms. The van der Waals surface area contributed by atoms with Gasteiger partial charge in [0.2, 0.25) is 0 Å². The Morgan fingerprint density at radius 3 is 2.34 bits per heavy atom. The third kappa shape index (κ3) is 5.70. The molecule has 1 aromatic heterocycles. The fraction of sp³-hybridized carbons (Fsp3) is 0.500. The molecule has 0 saturated carbocycles. The molecular weight excluding hydrogens is 388 g/mol. The summed E-state index contributed by atoms with van der Waals surface area (Å²) in [5, 5.41) is 0.812. The van der Waals surface area contributed by atoms with Crippen molar-refractivity contribution in [3.05, 3.63) is 42.2 Å². The number of aromatic nitrogens is 2. The Morgan fingerprint density at radius 1 is 1.03 bits per heavy atom. The molecule has 0 N–H and O–H groups in total. The molecular formula is C22H28N2O4S. The van der Waals surface area contributed by atoms with E-state index in [0.29, 0.717) is 0 Å².